The fourth-order valence-electron chi connectivity index (χ4n) is 1.59. The number of hydrogen-bond donors (Lipinski definition) is 3. The van der Waals surface area contributed by atoms with Crippen molar-refractivity contribution in [2.45, 2.75) is 6.92 Å². The lowest BCUT2D eigenvalue weighted by Crippen LogP contribution is -2.11. The molecule has 1 aromatic heterocycles. The lowest BCUT2D eigenvalue weighted by molar-refractivity contribution is 0.102. The molecule has 96 valence electrons. The number of benzene rings is 1. The molecule has 1 heterocycles. The van der Waals surface area contributed by atoms with Crippen LogP contribution in [0.15, 0.2) is 30.6 Å². The summed E-state index contributed by atoms with van der Waals surface area (Å²) in [6.45, 7) is 1.72. The van der Waals surface area contributed by atoms with Crippen LogP contribution in [0, 0.1) is 18.8 Å². The molecule has 1 amide bonds. The monoisotopic (exact) mass is 255 g/mol. The van der Waals surface area contributed by atoms with Crippen LogP contribution >= 0.6 is 0 Å². The fourth-order valence-corrected chi connectivity index (χ4v) is 1.59. The van der Waals surface area contributed by atoms with Crippen molar-refractivity contribution in [3.8, 4) is 11.8 Å². The highest BCUT2D eigenvalue weighted by Crippen LogP contribution is 2.17. The van der Waals surface area contributed by atoms with Gasteiger partial charge in [-0.1, -0.05) is 11.8 Å². The second-order valence-corrected chi connectivity index (χ2v) is 3.93. The van der Waals surface area contributed by atoms with E-state index in [1.807, 2.05) is 13.0 Å². The largest absolute Gasteiger partial charge is 0.384 e. The Morgan fingerprint density at radius 2 is 2.37 bits per heavy atom. The van der Waals surface area contributed by atoms with Gasteiger partial charge in [0.2, 0.25) is 0 Å². The molecule has 0 aliphatic carbocycles. The minimum Gasteiger partial charge on any atom is -0.384 e. The Hall–Kier alpha value is -2.58. The van der Waals surface area contributed by atoms with E-state index in [1.165, 1.54) is 12.4 Å². The first-order chi connectivity index (χ1) is 9.20. The minimum atomic E-state index is -0.217. The molecule has 5 nitrogen and oxygen atoms in total. The van der Waals surface area contributed by atoms with Gasteiger partial charge in [-0.3, -0.25) is 9.89 Å². The Bertz CT molecular complexity index is 636. The quantitative estimate of drug-likeness (QED) is 0.708. The smallest absolute Gasteiger partial charge is 0.258 e. The van der Waals surface area contributed by atoms with E-state index in [4.69, 9.17) is 5.11 Å². The number of aromatic amines is 1. The van der Waals surface area contributed by atoms with Gasteiger partial charge in [0, 0.05) is 17.4 Å². The summed E-state index contributed by atoms with van der Waals surface area (Å²) in [5.74, 6) is 5.18. The van der Waals surface area contributed by atoms with Crippen LogP contribution in [0.25, 0.3) is 0 Å². The zero-order chi connectivity index (χ0) is 13.7. The highest BCUT2D eigenvalue weighted by molar-refractivity contribution is 6.04. The first-order valence-electron chi connectivity index (χ1n) is 5.71. The summed E-state index contributed by atoms with van der Waals surface area (Å²) >= 11 is 0. The van der Waals surface area contributed by atoms with E-state index < -0.39 is 0 Å². The molecule has 0 aliphatic rings. The maximum Gasteiger partial charge on any atom is 0.258 e. The number of aliphatic hydroxyl groups is 1. The molecule has 0 spiro atoms. The van der Waals surface area contributed by atoms with Gasteiger partial charge < -0.3 is 10.4 Å². The van der Waals surface area contributed by atoms with Crippen molar-refractivity contribution < 1.29 is 9.90 Å². The number of carbonyl (C=O) groups excluding carboxylic acids is 1. The van der Waals surface area contributed by atoms with Gasteiger partial charge in [-0.15, -0.1) is 0 Å². The van der Waals surface area contributed by atoms with Crippen LogP contribution in [-0.2, 0) is 0 Å². The van der Waals surface area contributed by atoms with Crippen molar-refractivity contribution in [2.24, 2.45) is 0 Å². The number of amides is 1. The molecule has 2 aromatic rings. The summed E-state index contributed by atoms with van der Waals surface area (Å²) in [4.78, 5) is 11.9. The van der Waals surface area contributed by atoms with Crippen molar-refractivity contribution in [2.75, 3.05) is 11.9 Å². The van der Waals surface area contributed by atoms with Crippen LogP contribution in [0.4, 0.5) is 5.69 Å². The number of H-pyrrole nitrogens is 1. The molecule has 0 aliphatic heterocycles. The standard InChI is InChI=1S/C14H13N3O2/c1-10-7-11(3-2-6-18)4-5-13(10)17-14(19)12-8-15-16-9-12/h4-5,7-9,18H,6H2,1H3,(H,15,16)(H,17,19). The van der Waals surface area contributed by atoms with Crippen molar-refractivity contribution in [3.63, 3.8) is 0 Å². The molecular weight excluding hydrogens is 242 g/mol. The van der Waals surface area contributed by atoms with Crippen molar-refractivity contribution >= 4 is 11.6 Å². The predicted molar refractivity (Wildman–Crippen MR) is 71.7 cm³/mol. The van der Waals surface area contributed by atoms with E-state index in [0.29, 0.717) is 5.56 Å². The van der Waals surface area contributed by atoms with Crippen LogP contribution in [-0.4, -0.2) is 27.8 Å². The SMILES string of the molecule is Cc1cc(C#CCO)ccc1NC(=O)c1cn[nH]c1. The number of nitrogens with one attached hydrogen (secondary N) is 2. The summed E-state index contributed by atoms with van der Waals surface area (Å²) in [6.07, 6.45) is 3.00. The van der Waals surface area contributed by atoms with Crippen LogP contribution in [0.5, 0.6) is 0 Å². The number of nitrogens with zero attached hydrogens (tertiary/aromatic N) is 1. The number of rotatable bonds is 2. The minimum absolute atomic E-state index is 0.169. The molecule has 0 unspecified atom stereocenters. The van der Waals surface area contributed by atoms with Gasteiger partial charge in [0.15, 0.2) is 0 Å². The average Bonchev–Trinajstić information content (AvgIpc) is 2.93. The lowest BCUT2D eigenvalue weighted by Gasteiger charge is -2.07. The Balaban J connectivity index is 2.15. The summed E-state index contributed by atoms with van der Waals surface area (Å²) in [5, 5.41) is 17.8. The van der Waals surface area contributed by atoms with E-state index in [-0.39, 0.29) is 12.5 Å². The number of aromatic nitrogens is 2. The van der Waals surface area contributed by atoms with E-state index in [9.17, 15) is 4.79 Å². The number of aliphatic hydroxyl groups excluding tert-OH is 1. The molecule has 0 bridgehead atoms. The van der Waals surface area contributed by atoms with Gasteiger partial charge in [0.1, 0.15) is 6.61 Å². The highest BCUT2D eigenvalue weighted by atomic mass is 16.2. The molecule has 0 saturated heterocycles. The summed E-state index contributed by atoms with van der Waals surface area (Å²) in [6, 6.07) is 5.43. The van der Waals surface area contributed by atoms with Gasteiger partial charge in [0.05, 0.1) is 11.8 Å². The number of aryl methyl sites for hydroxylation is 1. The summed E-state index contributed by atoms with van der Waals surface area (Å²) < 4.78 is 0. The summed E-state index contributed by atoms with van der Waals surface area (Å²) in [5.41, 5.74) is 2.90. The van der Waals surface area contributed by atoms with Gasteiger partial charge >= 0.3 is 0 Å². The lowest BCUT2D eigenvalue weighted by atomic mass is 10.1. The van der Waals surface area contributed by atoms with Gasteiger partial charge in [-0.25, -0.2) is 0 Å². The van der Waals surface area contributed by atoms with Crippen LogP contribution in [0.1, 0.15) is 21.5 Å². The molecular formula is C14H13N3O2. The second kappa shape index (κ2) is 5.85. The Labute approximate surface area is 110 Å². The maximum atomic E-state index is 11.9. The Morgan fingerprint density at radius 3 is 3.00 bits per heavy atom. The number of anilines is 1. The van der Waals surface area contributed by atoms with Gasteiger partial charge in [-0.05, 0) is 30.7 Å². The first-order valence-corrected chi connectivity index (χ1v) is 5.71. The van der Waals surface area contributed by atoms with Crippen molar-refractivity contribution in [1.29, 1.82) is 0 Å². The molecule has 0 atom stereocenters. The predicted octanol–water partition coefficient (Wildman–Crippen LogP) is 1.31. The topological polar surface area (TPSA) is 78.0 Å². The molecule has 2 rings (SSSR count). The van der Waals surface area contributed by atoms with E-state index in [0.717, 1.165) is 16.8 Å². The third-order valence-corrected chi connectivity index (χ3v) is 2.55. The molecule has 1 aromatic carbocycles. The van der Waals surface area contributed by atoms with Crippen molar-refractivity contribution in [3.05, 3.63) is 47.3 Å². The highest BCUT2D eigenvalue weighted by Gasteiger charge is 2.08. The molecule has 19 heavy (non-hydrogen) atoms. The van der Waals surface area contributed by atoms with E-state index >= 15 is 0 Å². The number of hydrogen-bond acceptors (Lipinski definition) is 3. The van der Waals surface area contributed by atoms with Gasteiger partial charge in [0.25, 0.3) is 5.91 Å². The zero-order valence-corrected chi connectivity index (χ0v) is 10.4. The molecule has 3 N–H and O–H groups in total. The number of carbonyl (C=O) groups is 1. The molecule has 0 radical (unpaired) electrons. The maximum absolute atomic E-state index is 11.9. The Morgan fingerprint density at radius 1 is 1.53 bits per heavy atom. The van der Waals surface area contributed by atoms with Crippen LogP contribution in [0.2, 0.25) is 0 Å². The van der Waals surface area contributed by atoms with E-state index in [1.54, 1.807) is 12.1 Å². The van der Waals surface area contributed by atoms with Crippen LogP contribution in [0.3, 0.4) is 0 Å². The Kier molecular flexibility index (Phi) is 3.96. The molecule has 0 saturated carbocycles. The molecule has 0 fully saturated rings. The first kappa shape index (κ1) is 12.9. The second-order valence-electron chi connectivity index (χ2n) is 3.93. The average molecular weight is 255 g/mol. The van der Waals surface area contributed by atoms with E-state index in [2.05, 4.69) is 27.4 Å². The summed E-state index contributed by atoms with van der Waals surface area (Å²) in [7, 11) is 0. The van der Waals surface area contributed by atoms with Crippen LogP contribution < -0.4 is 5.32 Å². The van der Waals surface area contributed by atoms with Crippen molar-refractivity contribution in [1.82, 2.24) is 10.2 Å². The fraction of sp³-hybridized carbons (Fsp3) is 0.143. The third-order valence-electron chi connectivity index (χ3n) is 2.55. The third kappa shape index (κ3) is 3.21. The zero-order valence-electron chi connectivity index (χ0n) is 10.4. The molecule has 5 heteroatoms. The normalized spacial score (nSPS) is 9.58. The van der Waals surface area contributed by atoms with Gasteiger partial charge in [-0.2, -0.15) is 5.10 Å².